The second kappa shape index (κ2) is 30.0. The Hall–Kier alpha value is -6.60. The minimum atomic E-state index is -1.70. The third-order valence-electron chi connectivity index (χ3n) is 10.6. The number of nitrogens with one attached hydrogen (secondary N) is 8. The number of nitrogens with zero attached hydrogens (tertiary/aromatic N) is 1. The van der Waals surface area contributed by atoms with Gasteiger partial charge in [-0.25, -0.2) is 9.78 Å². The van der Waals surface area contributed by atoms with E-state index in [1.165, 1.54) is 12.5 Å². The smallest absolute Gasteiger partial charge is 0.326 e. The molecule has 0 aliphatic carbocycles. The van der Waals surface area contributed by atoms with E-state index in [0.717, 1.165) is 5.56 Å². The van der Waals surface area contributed by atoms with Crippen molar-refractivity contribution in [1.29, 1.82) is 0 Å². The number of amides is 9. The van der Waals surface area contributed by atoms with Crippen molar-refractivity contribution in [1.82, 2.24) is 47.2 Å². The van der Waals surface area contributed by atoms with Crippen molar-refractivity contribution in [2.24, 2.45) is 34.8 Å². The first-order chi connectivity index (χ1) is 32.6. The van der Waals surface area contributed by atoms with E-state index >= 15 is 0 Å². The molecule has 0 spiro atoms. The molecule has 2 rings (SSSR count). The lowest BCUT2D eigenvalue weighted by Gasteiger charge is -2.28. The lowest BCUT2D eigenvalue weighted by atomic mass is 10.0. The number of aromatic amines is 1. The maximum atomic E-state index is 14.1. The summed E-state index contributed by atoms with van der Waals surface area (Å²) in [5.74, 6) is -10.4. The largest absolute Gasteiger partial charge is 0.480 e. The average molecular weight is 988 g/mol. The molecule has 8 atom stereocenters. The van der Waals surface area contributed by atoms with E-state index in [9.17, 15) is 53.1 Å². The fourth-order valence-corrected chi connectivity index (χ4v) is 7.07. The minimum Gasteiger partial charge on any atom is -0.480 e. The van der Waals surface area contributed by atoms with Gasteiger partial charge in [0.05, 0.1) is 18.8 Å². The Balaban J connectivity index is 2.36. The normalized spacial score (nSPS) is 14.6. The highest BCUT2D eigenvalue weighted by atomic mass is 32.1. The van der Waals surface area contributed by atoms with Gasteiger partial charge in [-0.15, -0.1) is 0 Å². The highest BCUT2D eigenvalue weighted by molar-refractivity contribution is 7.80. The molecule has 0 radical (unpaired) electrons. The minimum absolute atomic E-state index is 0.0339. The van der Waals surface area contributed by atoms with Gasteiger partial charge in [0.1, 0.15) is 42.3 Å². The van der Waals surface area contributed by atoms with Gasteiger partial charge in [0.2, 0.25) is 53.2 Å². The molecule has 2 aromatic rings. The number of benzene rings is 1. The number of imidazole rings is 1. The summed E-state index contributed by atoms with van der Waals surface area (Å²) in [4.78, 5) is 139. The molecule has 0 aliphatic heterocycles. The highest BCUT2D eigenvalue weighted by Gasteiger charge is 2.36. The number of H-pyrrole nitrogens is 1. The zero-order valence-corrected chi connectivity index (χ0v) is 40.2. The Labute approximate surface area is 405 Å². The van der Waals surface area contributed by atoms with Crippen LogP contribution in [0.2, 0.25) is 0 Å². The van der Waals surface area contributed by atoms with Crippen molar-refractivity contribution in [3.8, 4) is 0 Å². The molecule has 69 heavy (non-hydrogen) atoms. The average Bonchev–Trinajstić information content (AvgIpc) is 3.80. The molecule has 0 aliphatic rings. The number of carbonyl (C=O) groups is 10. The number of carboxylic acids is 1. The monoisotopic (exact) mass is 987 g/mol. The van der Waals surface area contributed by atoms with E-state index in [1.807, 2.05) is 0 Å². The third-order valence-corrected chi connectivity index (χ3v) is 10.9. The Kier molecular flexibility index (Phi) is 25.5. The van der Waals surface area contributed by atoms with Gasteiger partial charge < -0.3 is 70.2 Å². The Morgan fingerprint density at radius 3 is 1.75 bits per heavy atom. The lowest BCUT2D eigenvalue weighted by Crippen LogP contribution is -2.61. The molecule has 0 bridgehead atoms. The first kappa shape index (κ1) is 58.5. The van der Waals surface area contributed by atoms with Crippen molar-refractivity contribution in [2.75, 3.05) is 12.3 Å². The summed E-state index contributed by atoms with van der Waals surface area (Å²) in [6.45, 7) is 7.10. The molecular formula is C44H69N13O11S. The SMILES string of the molecule is CC(C)C[C@H](NC(=O)[C@H](Cc1cnc[nH]1)NC(=O)[C@H](CCC(N)=O)NC(=O)[C@H](CC(N)=O)NC(=O)[C@@H](NC(=O)[C@@H](N)Cc1ccccc1)C(C)C)C(=O)N[C@@H](CS)C(=O)N[C@@H](CCCCN)C(=O)O. The summed E-state index contributed by atoms with van der Waals surface area (Å²) in [6, 6.07) is -2.09. The molecule has 1 heterocycles. The van der Waals surface area contributed by atoms with Gasteiger partial charge in [-0.3, -0.25) is 43.2 Å². The fraction of sp³-hybridized carbons (Fsp3) is 0.568. The molecule has 9 amide bonds. The Bertz CT molecular complexity index is 2040. The van der Waals surface area contributed by atoms with Crippen LogP contribution in [0.5, 0.6) is 0 Å². The predicted octanol–water partition coefficient (Wildman–Crippen LogP) is -3.10. The number of hydrogen-bond donors (Lipinski definition) is 14. The second-order valence-electron chi connectivity index (χ2n) is 17.3. The van der Waals surface area contributed by atoms with E-state index in [1.54, 1.807) is 58.0 Å². The van der Waals surface area contributed by atoms with Gasteiger partial charge in [-0.2, -0.15) is 12.6 Å². The first-order valence-corrected chi connectivity index (χ1v) is 23.2. The molecule has 25 heteroatoms. The zero-order chi connectivity index (χ0) is 51.8. The summed E-state index contributed by atoms with van der Waals surface area (Å²) < 4.78 is 0. The van der Waals surface area contributed by atoms with Crippen molar-refractivity contribution in [3.63, 3.8) is 0 Å². The van der Waals surface area contributed by atoms with E-state index < -0.39 is 133 Å². The maximum Gasteiger partial charge on any atom is 0.326 e. The molecule has 0 unspecified atom stereocenters. The summed E-state index contributed by atoms with van der Waals surface area (Å²) in [5.41, 5.74) is 23.6. The van der Waals surface area contributed by atoms with Crippen LogP contribution in [0.15, 0.2) is 42.9 Å². The van der Waals surface area contributed by atoms with Crippen LogP contribution in [0.25, 0.3) is 0 Å². The predicted molar refractivity (Wildman–Crippen MR) is 255 cm³/mol. The molecule has 24 nitrogen and oxygen atoms in total. The number of hydrogen-bond acceptors (Lipinski definition) is 14. The number of nitrogens with two attached hydrogens (primary N) is 4. The topological polar surface area (TPSA) is 408 Å². The molecule has 17 N–H and O–H groups in total. The van der Waals surface area contributed by atoms with Crippen LogP contribution in [-0.4, -0.2) is 135 Å². The van der Waals surface area contributed by atoms with Crippen LogP contribution >= 0.6 is 12.6 Å². The summed E-state index contributed by atoms with van der Waals surface area (Å²) in [5, 5.41) is 27.1. The highest BCUT2D eigenvalue weighted by Crippen LogP contribution is 2.11. The number of thiol groups is 1. The van der Waals surface area contributed by atoms with Crippen LogP contribution in [0.4, 0.5) is 0 Å². The van der Waals surface area contributed by atoms with Crippen LogP contribution in [0, 0.1) is 11.8 Å². The zero-order valence-electron chi connectivity index (χ0n) is 39.3. The molecule has 0 saturated carbocycles. The van der Waals surface area contributed by atoms with Gasteiger partial charge in [-0.05, 0) is 62.5 Å². The van der Waals surface area contributed by atoms with Crippen LogP contribution in [0.3, 0.4) is 0 Å². The maximum absolute atomic E-state index is 14.1. The molecular weight excluding hydrogens is 919 g/mol. The standard InChI is InChI=1S/C44H69N13O11S/c1-23(2)16-30(39(62)56-33(21-69)42(65)52-29(44(67)68)12-8-9-15-45)53-40(63)31(18-26-20-49-22-50-26)54-38(61)28(13-14-34(47)58)51-41(64)32(19-35(48)59)55-43(66)36(24(3)4)57-37(60)27(46)17-25-10-6-5-7-11-25/h5-7,10-11,20,22-24,27-33,36,69H,8-9,12-19,21,45-46H2,1-4H3,(H2,47,58)(H2,48,59)(H,49,50)(H,51,64)(H,52,65)(H,53,63)(H,54,61)(H,55,66)(H,56,62)(H,57,60)(H,67,68)/t27-,28-,29-,30-,31-,32-,33-,36-/m0/s1. The van der Waals surface area contributed by atoms with Gasteiger partial charge in [0.15, 0.2) is 0 Å². The first-order valence-electron chi connectivity index (χ1n) is 22.6. The van der Waals surface area contributed by atoms with Gasteiger partial charge in [-0.1, -0.05) is 58.0 Å². The number of aromatic nitrogens is 2. The second-order valence-corrected chi connectivity index (χ2v) is 17.6. The van der Waals surface area contributed by atoms with E-state index in [-0.39, 0.29) is 37.4 Å². The van der Waals surface area contributed by atoms with Crippen molar-refractivity contribution in [3.05, 3.63) is 54.1 Å². The summed E-state index contributed by atoms with van der Waals surface area (Å²) in [6.07, 6.45) is 2.03. The lowest BCUT2D eigenvalue weighted by molar-refractivity contribution is -0.142. The number of unbranched alkanes of at least 4 members (excludes halogenated alkanes) is 1. The number of aliphatic carboxylic acids is 1. The van der Waals surface area contributed by atoms with Crippen LogP contribution in [0.1, 0.15) is 83.9 Å². The van der Waals surface area contributed by atoms with Crippen molar-refractivity contribution < 1.29 is 53.1 Å². The van der Waals surface area contributed by atoms with E-state index in [2.05, 4.69) is 59.8 Å². The number of carbonyl (C=O) groups excluding carboxylic acids is 9. The Morgan fingerprint density at radius 1 is 0.652 bits per heavy atom. The van der Waals surface area contributed by atoms with Gasteiger partial charge in [0, 0.05) is 30.5 Å². The molecule has 1 aromatic carbocycles. The number of carboxylic acid groups (broad SMARTS) is 1. The summed E-state index contributed by atoms with van der Waals surface area (Å²) >= 11 is 4.18. The van der Waals surface area contributed by atoms with E-state index in [4.69, 9.17) is 22.9 Å². The quantitative estimate of drug-likeness (QED) is 0.0255. The summed E-state index contributed by atoms with van der Waals surface area (Å²) in [7, 11) is 0. The molecule has 382 valence electrons. The molecule has 0 fully saturated rings. The van der Waals surface area contributed by atoms with E-state index in [0.29, 0.717) is 25.1 Å². The van der Waals surface area contributed by atoms with Crippen LogP contribution < -0.4 is 60.2 Å². The molecule has 1 aromatic heterocycles. The number of rotatable bonds is 32. The number of primary amides is 2. The van der Waals surface area contributed by atoms with Crippen molar-refractivity contribution >= 4 is 71.8 Å². The van der Waals surface area contributed by atoms with Gasteiger partial charge >= 0.3 is 5.97 Å². The fourth-order valence-electron chi connectivity index (χ4n) is 6.82. The molecule has 0 saturated heterocycles. The van der Waals surface area contributed by atoms with Crippen molar-refractivity contribution in [2.45, 2.75) is 134 Å². The van der Waals surface area contributed by atoms with Gasteiger partial charge in [0.25, 0.3) is 0 Å². The third kappa shape index (κ3) is 21.5. The Morgan fingerprint density at radius 2 is 1.20 bits per heavy atom. The van der Waals surface area contributed by atoms with Crippen LogP contribution in [-0.2, 0) is 60.8 Å².